The number of benzene rings is 1. The van der Waals surface area contributed by atoms with Crippen LogP contribution in [0.25, 0.3) is 0 Å². The molecule has 0 unspecified atom stereocenters. The van der Waals surface area contributed by atoms with Crippen LogP contribution in [0.1, 0.15) is 51.8 Å². The number of carbonyl (C=O) groups is 4. The largest absolute Gasteiger partial charge is 0.449 e. The Morgan fingerprint density at radius 2 is 1.84 bits per heavy atom. The van der Waals surface area contributed by atoms with Crippen molar-refractivity contribution in [3.63, 3.8) is 0 Å². The SMILES string of the molecule is C=CCN1C(=O)c2ccc(C(=O)O[C@@H](C)C(=O)NC(C)C)cc2C1=O. The van der Waals surface area contributed by atoms with Gasteiger partial charge in [-0.05, 0) is 39.0 Å². The van der Waals surface area contributed by atoms with Gasteiger partial charge in [-0.25, -0.2) is 4.79 Å². The monoisotopic (exact) mass is 344 g/mol. The molecule has 7 nitrogen and oxygen atoms in total. The molecule has 0 saturated carbocycles. The lowest BCUT2D eigenvalue weighted by atomic mass is 10.1. The van der Waals surface area contributed by atoms with Crippen LogP contribution < -0.4 is 5.32 Å². The minimum atomic E-state index is -0.974. The third-order valence-electron chi connectivity index (χ3n) is 3.60. The average molecular weight is 344 g/mol. The van der Waals surface area contributed by atoms with Crippen molar-refractivity contribution >= 4 is 23.7 Å². The Balaban J connectivity index is 2.17. The van der Waals surface area contributed by atoms with Crippen molar-refractivity contribution in [2.45, 2.75) is 32.9 Å². The first-order chi connectivity index (χ1) is 11.8. The summed E-state index contributed by atoms with van der Waals surface area (Å²) in [4.78, 5) is 49.5. The van der Waals surface area contributed by atoms with Gasteiger partial charge in [-0.1, -0.05) is 6.08 Å². The Morgan fingerprint density at radius 1 is 1.20 bits per heavy atom. The molecule has 1 N–H and O–H groups in total. The number of hydrogen-bond acceptors (Lipinski definition) is 5. The molecule has 132 valence electrons. The zero-order valence-corrected chi connectivity index (χ0v) is 14.4. The molecule has 1 aromatic carbocycles. The number of esters is 1. The third-order valence-corrected chi connectivity index (χ3v) is 3.60. The molecule has 1 atom stereocenters. The molecule has 0 aromatic heterocycles. The summed E-state index contributed by atoms with van der Waals surface area (Å²) in [6.45, 7) is 8.66. The summed E-state index contributed by atoms with van der Waals surface area (Å²) in [6, 6.07) is 4.05. The summed E-state index contributed by atoms with van der Waals surface area (Å²) in [6.07, 6.45) is 0.476. The zero-order valence-electron chi connectivity index (χ0n) is 14.4. The lowest BCUT2D eigenvalue weighted by molar-refractivity contribution is -0.129. The topological polar surface area (TPSA) is 92.8 Å². The highest BCUT2D eigenvalue weighted by Crippen LogP contribution is 2.24. The highest BCUT2D eigenvalue weighted by molar-refractivity contribution is 6.22. The Bertz CT molecular complexity index is 754. The summed E-state index contributed by atoms with van der Waals surface area (Å²) >= 11 is 0. The summed E-state index contributed by atoms with van der Waals surface area (Å²) in [7, 11) is 0. The fraction of sp³-hybridized carbons (Fsp3) is 0.333. The number of hydrogen-bond donors (Lipinski definition) is 1. The average Bonchev–Trinajstić information content (AvgIpc) is 2.79. The van der Waals surface area contributed by atoms with Crippen LogP contribution in [-0.4, -0.2) is 47.3 Å². The number of amides is 3. The first kappa shape index (κ1) is 18.4. The van der Waals surface area contributed by atoms with Crippen LogP contribution in [0.2, 0.25) is 0 Å². The van der Waals surface area contributed by atoms with Gasteiger partial charge in [-0.3, -0.25) is 19.3 Å². The number of imide groups is 1. The van der Waals surface area contributed by atoms with Gasteiger partial charge >= 0.3 is 5.97 Å². The number of nitrogens with one attached hydrogen (secondary N) is 1. The second-order valence-corrected chi connectivity index (χ2v) is 5.98. The molecule has 1 aromatic rings. The Hall–Kier alpha value is -2.96. The van der Waals surface area contributed by atoms with E-state index in [1.54, 1.807) is 13.8 Å². The molecule has 1 aliphatic rings. The van der Waals surface area contributed by atoms with E-state index in [0.29, 0.717) is 0 Å². The van der Waals surface area contributed by atoms with E-state index in [2.05, 4.69) is 11.9 Å². The van der Waals surface area contributed by atoms with Gasteiger partial charge in [0.1, 0.15) is 0 Å². The van der Waals surface area contributed by atoms with Crippen LogP contribution in [0.4, 0.5) is 0 Å². The lowest BCUT2D eigenvalue weighted by Crippen LogP contribution is -2.39. The maximum absolute atomic E-state index is 12.3. The molecule has 3 amide bonds. The molecule has 1 heterocycles. The van der Waals surface area contributed by atoms with E-state index in [9.17, 15) is 19.2 Å². The highest BCUT2D eigenvalue weighted by atomic mass is 16.5. The number of fused-ring (bicyclic) bond motifs is 1. The van der Waals surface area contributed by atoms with Crippen molar-refractivity contribution in [2.24, 2.45) is 0 Å². The minimum Gasteiger partial charge on any atom is -0.449 e. The van der Waals surface area contributed by atoms with Crippen molar-refractivity contribution in [1.82, 2.24) is 10.2 Å². The summed E-state index contributed by atoms with van der Waals surface area (Å²) in [5.41, 5.74) is 0.471. The van der Waals surface area contributed by atoms with Crippen molar-refractivity contribution in [3.8, 4) is 0 Å². The lowest BCUT2D eigenvalue weighted by Gasteiger charge is -2.15. The van der Waals surface area contributed by atoms with Gasteiger partial charge in [-0.15, -0.1) is 6.58 Å². The van der Waals surface area contributed by atoms with Gasteiger partial charge in [-0.2, -0.15) is 0 Å². The van der Waals surface area contributed by atoms with Gasteiger partial charge in [0.05, 0.1) is 16.7 Å². The summed E-state index contributed by atoms with van der Waals surface area (Å²) in [5.74, 6) is -2.06. The molecule has 0 aliphatic carbocycles. The highest BCUT2D eigenvalue weighted by Gasteiger charge is 2.35. The molecule has 0 bridgehead atoms. The number of rotatable bonds is 6. The third kappa shape index (κ3) is 3.76. The summed E-state index contributed by atoms with van der Waals surface area (Å²) < 4.78 is 5.12. The Labute approximate surface area is 145 Å². The first-order valence-corrected chi connectivity index (χ1v) is 7.88. The normalized spacial score (nSPS) is 14.3. The Kier molecular flexibility index (Phi) is 5.36. The van der Waals surface area contributed by atoms with Crippen molar-refractivity contribution in [3.05, 3.63) is 47.5 Å². The molecule has 2 rings (SSSR count). The smallest absolute Gasteiger partial charge is 0.338 e. The number of ether oxygens (including phenoxy) is 1. The maximum Gasteiger partial charge on any atom is 0.338 e. The van der Waals surface area contributed by atoms with Crippen LogP contribution in [0.5, 0.6) is 0 Å². The molecule has 0 fully saturated rings. The van der Waals surface area contributed by atoms with E-state index in [1.807, 2.05) is 0 Å². The fourth-order valence-corrected chi connectivity index (χ4v) is 2.40. The fourth-order valence-electron chi connectivity index (χ4n) is 2.40. The van der Waals surface area contributed by atoms with Crippen LogP contribution >= 0.6 is 0 Å². The molecule has 7 heteroatoms. The molecule has 0 spiro atoms. The number of carbonyl (C=O) groups excluding carboxylic acids is 4. The van der Waals surface area contributed by atoms with E-state index in [0.717, 1.165) is 4.90 Å². The van der Waals surface area contributed by atoms with Crippen LogP contribution in [0.15, 0.2) is 30.9 Å². The minimum absolute atomic E-state index is 0.0758. The van der Waals surface area contributed by atoms with E-state index >= 15 is 0 Å². The second kappa shape index (κ2) is 7.29. The van der Waals surface area contributed by atoms with Gasteiger partial charge in [0.2, 0.25) is 0 Å². The van der Waals surface area contributed by atoms with Gasteiger partial charge in [0.15, 0.2) is 6.10 Å². The van der Waals surface area contributed by atoms with Crippen LogP contribution in [0.3, 0.4) is 0 Å². The maximum atomic E-state index is 12.3. The molecule has 1 aliphatic heterocycles. The quantitative estimate of drug-likeness (QED) is 0.480. The Morgan fingerprint density at radius 3 is 2.44 bits per heavy atom. The van der Waals surface area contributed by atoms with Gasteiger partial charge < -0.3 is 10.1 Å². The van der Waals surface area contributed by atoms with E-state index in [4.69, 9.17) is 4.74 Å². The first-order valence-electron chi connectivity index (χ1n) is 7.88. The predicted octanol–water partition coefficient (Wildman–Crippen LogP) is 1.54. The van der Waals surface area contributed by atoms with Gasteiger partial charge in [0.25, 0.3) is 17.7 Å². The van der Waals surface area contributed by atoms with E-state index in [-0.39, 0.29) is 29.3 Å². The number of nitrogens with zero attached hydrogens (tertiary/aromatic N) is 1. The summed E-state index contributed by atoms with van der Waals surface area (Å²) in [5, 5.41) is 2.64. The van der Waals surface area contributed by atoms with Crippen molar-refractivity contribution in [1.29, 1.82) is 0 Å². The van der Waals surface area contributed by atoms with Crippen LogP contribution in [0, 0.1) is 0 Å². The standard InChI is InChI=1S/C18H20N2O5/c1-5-8-20-16(22)13-7-6-12(9-14(13)17(20)23)18(24)25-11(4)15(21)19-10(2)3/h5-7,9-11H,1,8H2,2-4H3,(H,19,21)/t11-/m0/s1. The van der Waals surface area contributed by atoms with E-state index < -0.39 is 29.8 Å². The second-order valence-electron chi connectivity index (χ2n) is 5.98. The zero-order chi connectivity index (χ0) is 18.7. The van der Waals surface area contributed by atoms with Gasteiger partial charge in [0, 0.05) is 12.6 Å². The molecular formula is C18H20N2O5. The van der Waals surface area contributed by atoms with E-state index in [1.165, 1.54) is 31.2 Å². The molecule has 0 saturated heterocycles. The molecular weight excluding hydrogens is 324 g/mol. The van der Waals surface area contributed by atoms with Crippen molar-refractivity contribution < 1.29 is 23.9 Å². The van der Waals surface area contributed by atoms with Crippen molar-refractivity contribution in [2.75, 3.05) is 6.54 Å². The van der Waals surface area contributed by atoms with Crippen LogP contribution in [-0.2, 0) is 9.53 Å². The molecule has 0 radical (unpaired) electrons. The predicted molar refractivity (Wildman–Crippen MR) is 90.2 cm³/mol. The molecule has 25 heavy (non-hydrogen) atoms.